The van der Waals surface area contributed by atoms with Crippen molar-refractivity contribution in [2.45, 2.75) is 10.9 Å². The number of nitrogens with zero attached hydrogens (tertiary/aromatic N) is 2. The number of nitrogens with two attached hydrogens (primary N) is 1. The van der Waals surface area contributed by atoms with E-state index in [1.165, 1.54) is 23.9 Å². The second-order valence-electron chi connectivity index (χ2n) is 3.00. The molecule has 0 atom stereocenters. The number of H-pyrrole nitrogens is 1. The number of nitrogens with one attached hydrogen (secondary N) is 1. The Morgan fingerprint density at radius 2 is 2.19 bits per heavy atom. The van der Waals surface area contributed by atoms with E-state index in [1.807, 2.05) is 0 Å². The van der Waals surface area contributed by atoms with Gasteiger partial charge in [-0.3, -0.25) is 0 Å². The number of aromatic nitrogens is 3. The Labute approximate surface area is 94.3 Å². The smallest absolute Gasteiger partial charge is 0.216 e. The van der Waals surface area contributed by atoms with Gasteiger partial charge in [0.1, 0.15) is 0 Å². The molecule has 0 fully saturated rings. The molecule has 0 saturated heterocycles. The molecule has 0 aliphatic heterocycles. The van der Waals surface area contributed by atoms with Gasteiger partial charge in [0.05, 0.1) is 0 Å². The van der Waals surface area contributed by atoms with Crippen LogP contribution >= 0.6 is 11.8 Å². The van der Waals surface area contributed by atoms with E-state index in [4.69, 9.17) is 5.73 Å². The van der Waals surface area contributed by atoms with Gasteiger partial charge in [0.25, 0.3) is 0 Å². The van der Waals surface area contributed by atoms with E-state index < -0.39 is 11.6 Å². The van der Waals surface area contributed by atoms with Crippen molar-refractivity contribution in [1.29, 1.82) is 0 Å². The summed E-state index contributed by atoms with van der Waals surface area (Å²) in [5.74, 6) is -1.24. The second-order valence-corrected chi connectivity index (χ2v) is 3.95. The van der Waals surface area contributed by atoms with Crippen molar-refractivity contribution in [2.24, 2.45) is 0 Å². The first-order valence-corrected chi connectivity index (χ1v) is 5.39. The molecule has 2 aromatic rings. The number of benzene rings is 1. The van der Waals surface area contributed by atoms with E-state index in [9.17, 15) is 8.78 Å². The van der Waals surface area contributed by atoms with Crippen LogP contribution in [0.25, 0.3) is 0 Å². The third-order valence-corrected chi connectivity index (χ3v) is 2.77. The van der Waals surface area contributed by atoms with Crippen LogP contribution in [0.1, 0.15) is 5.56 Å². The summed E-state index contributed by atoms with van der Waals surface area (Å²) in [6, 6.07) is 4.05. The van der Waals surface area contributed by atoms with Crippen LogP contribution < -0.4 is 5.73 Å². The molecule has 0 radical (unpaired) electrons. The predicted molar refractivity (Wildman–Crippen MR) is 56.7 cm³/mol. The number of hydrogen-bond acceptors (Lipinski definition) is 4. The highest BCUT2D eigenvalue weighted by Crippen LogP contribution is 2.22. The Bertz CT molecular complexity index is 500. The summed E-state index contributed by atoms with van der Waals surface area (Å²) in [5.41, 5.74) is 5.60. The summed E-state index contributed by atoms with van der Waals surface area (Å²) in [6.07, 6.45) is 0. The number of nitrogen functional groups attached to an aromatic ring is 1. The Hall–Kier alpha value is -1.63. The fraction of sp³-hybridized carbons (Fsp3) is 0.111. The topological polar surface area (TPSA) is 67.6 Å². The van der Waals surface area contributed by atoms with Crippen molar-refractivity contribution in [3.8, 4) is 0 Å². The molecule has 2 rings (SSSR count). The first-order valence-electron chi connectivity index (χ1n) is 4.40. The monoisotopic (exact) mass is 242 g/mol. The Balaban J connectivity index is 2.07. The van der Waals surface area contributed by atoms with Gasteiger partial charge in [0, 0.05) is 11.3 Å². The Morgan fingerprint density at radius 1 is 1.38 bits per heavy atom. The molecule has 84 valence electrons. The van der Waals surface area contributed by atoms with Gasteiger partial charge in [-0.1, -0.05) is 23.9 Å². The number of halogens is 2. The lowest BCUT2D eigenvalue weighted by Gasteiger charge is -2.01. The van der Waals surface area contributed by atoms with Crippen molar-refractivity contribution in [3.63, 3.8) is 0 Å². The summed E-state index contributed by atoms with van der Waals surface area (Å²) in [7, 11) is 0. The molecule has 0 aliphatic carbocycles. The first kappa shape index (κ1) is 10.9. The number of aromatic amines is 1. The SMILES string of the molecule is Nc1nc(SCc2cccc(F)c2F)n[nH]1. The predicted octanol–water partition coefficient (Wildman–Crippen LogP) is 1.96. The van der Waals surface area contributed by atoms with Crippen molar-refractivity contribution in [3.05, 3.63) is 35.4 Å². The van der Waals surface area contributed by atoms with Crippen LogP contribution in [0.2, 0.25) is 0 Å². The summed E-state index contributed by atoms with van der Waals surface area (Å²) >= 11 is 1.18. The molecule has 0 unspecified atom stereocenters. The molecule has 0 saturated carbocycles. The third-order valence-electron chi connectivity index (χ3n) is 1.87. The van der Waals surface area contributed by atoms with Gasteiger partial charge in [0.2, 0.25) is 11.1 Å². The van der Waals surface area contributed by atoms with Crippen molar-refractivity contribution < 1.29 is 8.78 Å². The van der Waals surface area contributed by atoms with Crippen molar-refractivity contribution in [1.82, 2.24) is 15.2 Å². The highest BCUT2D eigenvalue weighted by atomic mass is 32.2. The molecule has 0 aliphatic rings. The van der Waals surface area contributed by atoms with Crippen LogP contribution in [-0.4, -0.2) is 15.2 Å². The highest BCUT2D eigenvalue weighted by molar-refractivity contribution is 7.98. The standard InChI is InChI=1S/C9H8F2N4S/c10-6-3-1-2-5(7(6)11)4-16-9-13-8(12)14-15-9/h1-3H,4H2,(H3,12,13,14,15). The largest absolute Gasteiger partial charge is 0.368 e. The zero-order valence-corrected chi connectivity index (χ0v) is 8.89. The maximum atomic E-state index is 13.2. The minimum absolute atomic E-state index is 0.196. The zero-order chi connectivity index (χ0) is 11.5. The van der Waals surface area contributed by atoms with Crippen LogP contribution in [0.15, 0.2) is 23.4 Å². The number of thioether (sulfide) groups is 1. The van der Waals surface area contributed by atoms with Crippen molar-refractivity contribution in [2.75, 3.05) is 5.73 Å². The summed E-state index contributed by atoms with van der Waals surface area (Å²) in [5, 5.41) is 6.63. The molecule has 1 aromatic carbocycles. The third kappa shape index (κ3) is 2.30. The minimum Gasteiger partial charge on any atom is -0.368 e. The summed E-state index contributed by atoms with van der Waals surface area (Å²) in [4.78, 5) is 3.84. The van der Waals surface area contributed by atoms with E-state index in [-0.39, 0.29) is 17.3 Å². The quantitative estimate of drug-likeness (QED) is 0.807. The maximum absolute atomic E-state index is 13.2. The van der Waals surface area contributed by atoms with Crippen LogP contribution in [0.3, 0.4) is 0 Å². The first-order chi connectivity index (χ1) is 7.66. The van der Waals surface area contributed by atoms with Gasteiger partial charge >= 0.3 is 0 Å². The highest BCUT2D eigenvalue weighted by Gasteiger charge is 2.09. The van der Waals surface area contributed by atoms with Gasteiger partial charge in [0.15, 0.2) is 11.6 Å². The average molecular weight is 242 g/mol. The number of hydrogen-bond donors (Lipinski definition) is 2. The van der Waals surface area contributed by atoms with E-state index in [0.29, 0.717) is 5.16 Å². The minimum atomic E-state index is -0.854. The molecule has 0 bridgehead atoms. The fourth-order valence-corrected chi connectivity index (χ4v) is 1.91. The molecule has 0 spiro atoms. The van der Waals surface area contributed by atoms with Gasteiger partial charge in [-0.2, -0.15) is 4.98 Å². The fourth-order valence-electron chi connectivity index (χ4n) is 1.12. The summed E-state index contributed by atoms with van der Waals surface area (Å²) < 4.78 is 26.1. The molecule has 7 heteroatoms. The maximum Gasteiger partial charge on any atom is 0.216 e. The summed E-state index contributed by atoms with van der Waals surface area (Å²) in [6.45, 7) is 0. The second kappa shape index (κ2) is 4.48. The lowest BCUT2D eigenvalue weighted by molar-refractivity contribution is 0.502. The van der Waals surface area contributed by atoms with Crippen LogP contribution in [0.4, 0.5) is 14.7 Å². The van der Waals surface area contributed by atoms with Gasteiger partial charge in [-0.05, 0) is 6.07 Å². The average Bonchev–Trinajstić information content (AvgIpc) is 2.67. The molecule has 0 amide bonds. The van der Waals surface area contributed by atoms with Crippen LogP contribution in [0.5, 0.6) is 0 Å². The molecule has 1 aromatic heterocycles. The van der Waals surface area contributed by atoms with E-state index in [0.717, 1.165) is 6.07 Å². The Kier molecular flexibility index (Phi) is 3.04. The van der Waals surface area contributed by atoms with Gasteiger partial charge in [-0.15, -0.1) is 5.10 Å². The number of rotatable bonds is 3. The molecular weight excluding hydrogens is 234 g/mol. The lowest BCUT2D eigenvalue weighted by Crippen LogP contribution is -1.92. The molecule has 16 heavy (non-hydrogen) atoms. The Morgan fingerprint density at radius 3 is 2.88 bits per heavy atom. The van der Waals surface area contributed by atoms with Crippen LogP contribution in [-0.2, 0) is 5.75 Å². The van der Waals surface area contributed by atoms with E-state index >= 15 is 0 Å². The lowest BCUT2D eigenvalue weighted by atomic mass is 10.2. The molecular formula is C9H8F2N4S. The molecule has 1 heterocycles. The van der Waals surface area contributed by atoms with Gasteiger partial charge in [-0.25, -0.2) is 13.9 Å². The van der Waals surface area contributed by atoms with E-state index in [1.54, 1.807) is 0 Å². The van der Waals surface area contributed by atoms with E-state index in [2.05, 4.69) is 15.2 Å². The molecule has 4 nitrogen and oxygen atoms in total. The van der Waals surface area contributed by atoms with Crippen molar-refractivity contribution >= 4 is 17.7 Å². The van der Waals surface area contributed by atoms with Gasteiger partial charge < -0.3 is 5.73 Å². The normalized spacial score (nSPS) is 10.6. The molecule has 3 N–H and O–H groups in total. The number of anilines is 1. The van der Waals surface area contributed by atoms with Crippen LogP contribution in [0, 0.1) is 11.6 Å². The zero-order valence-electron chi connectivity index (χ0n) is 8.08.